The van der Waals surface area contributed by atoms with E-state index in [1.165, 1.54) is 23.4 Å². The maximum atomic E-state index is 11.8. The van der Waals surface area contributed by atoms with Gasteiger partial charge in [0.05, 0.1) is 24.0 Å². The molecule has 2 aliphatic rings. The lowest BCUT2D eigenvalue weighted by molar-refractivity contribution is -0.402. The number of nitrogens with one attached hydrogen (secondary N) is 1. The molecule has 8 heteroatoms. The molecule has 3 rings (SSSR count). The van der Waals surface area contributed by atoms with Crippen molar-refractivity contribution < 1.29 is 14.1 Å². The van der Waals surface area contributed by atoms with Gasteiger partial charge in [0.2, 0.25) is 0 Å². The maximum Gasteiger partial charge on any atom is 0.433 e. The van der Waals surface area contributed by atoms with Crippen LogP contribution in [-0.4, -0.2) is 28.2 Å². The number of hydrogen-bond acceptors (Lipinski definition) is 5. The van der Waals surface area contributed by atoms with Crippen LogP contribution in [0.4, 0.5) is 10.7 Å². The lowest BCUT2D eigenvalue weighted by Gasteiger charge is -2.17. The molecule has 1 aromatic rings. The Morgan fingerprint density at radius 1 is 1.55 bits per heavy atom. The van der Waals surface area contributed by atoms with Crippen LogP contribution in [0.15, 0.2) is 33.4 Å². The zero-order chi connectivity index (χ0) is 14.1. The van der Waals surface area contributed by atoms with Gasteiger partial charge in [-0.1, -0.05) is 6.08 Å². The smallest absolute Gasteiger partial charge is 0.400 e. The standard InChI is InChI=1S/C12H12N4O4/c17-12-14-9-3-1-2-4-10(9)15(12)13-7-8-5-6-11(20-8)16(18)19/h4-7,9H,1-3H2,(H,14,17). The Hall–Kier alpha value is -2.64. The van der Waals surface area contributed by atoms with Crippen LogP contribution in [0.3, 0.4) is 0 Å². The van der Waals surface area contributed by atoms with Gasteiger partial charge in [-0.25, -0.2) is 4.79 Å². The molecule has 20 heavy (non-hydrogen) atoms. The molecule has 1 saturated heterocycles. The molecule has 1 unspecified atom stereocenters. The van der Waals surface area contributed by atoms with Gasteiger partial charge in [0.25, 0.3) is 0 Å². The first-order valence-corrected chi connectivity index (χ1v) is 6.24. The quantitative estimate of drug-likeness (QED) is 0.518. The maximum absolute atomic E-state index is 11.8. The average molecular weight is 276 g/mol. The third kappa shape index (κ3) is 2.15. The minimum absolute atomic E-state index is 0.0133. The summed E-state index contributed by atoms with van der Waals surface area (Å²) in [6.07, 6.45) is 6.13. The van der Waals surface area contributed by atoms with Crippen molar-refractivity contribution in [1.29, 1.82) is 0 Å². The van der Waals surface area contributed by atoms with Crippen molar-refractivity contribution in [1.82, 2.24) is 10.3 Å². The van der Waals surface area contributed by atoms with Crippen LogP contribution in [0, 0.1) is 10.1 Å². The number of carbonyl (C=O) groups excluding carboxylic acids is 1. The van der Waals surface area contributed by atoms with Crippen LogP contribution in [0.5, 0.6) is 0 Å². The van der Waals surface area contributed by atoms with Crippen molar-refractivity contribution in [3.63, 3.8) is 0 Å². The van der Waals surface area contributed by atoms with E-state index in [4.69, 9.17) is 4.42 Å². The Balaban J connectivity index is 1.79. The van der Waals surface area contributed by atoms with Crippen molar-refractivity contribution in [2.24, 2.45) is 5.10 Å². The summed E-state index contributed by atoms with van der Waals surface area (Å²) >= 11 is 0. The number of hydrogen-bond donors (Lipinski definition) is 1. The summed E-state index contributed by atoms with van der Waals surface area (Å²) in [4.78, 5) is 21.7. The SMILES string of the molecule is O=C1NC2CCCC=C2N1N=Cc1ccc([N+](=O)[O-])o1. The van der Waals surface area contributed by atoms with E-state index in [0.717, 1.165) is 25.0 Å². The molecule has 0 aromatic carbocycles. The molecule has 0 spiro atoms. The molecule has 0 bridgehead atoms. The Bertz CT molecular complexity index is 619. The van der Waals surface area contributed by atoms with E-state index in [1.54, 1.807) is 0 Å². The second-order valence-electron chi connectivity index (χ2n) is 4.55. The van der Waals surface area contributed by atoms with Gasteiger partial charge in [0, 0.05) is 0 Å². The van der Waals surface area contributed by atoms with Crippen LogP contribution >= 0.6 is 0 Å². The summed E-state index contributed by atoms with van der Waals surface area (Å²) in [5.41, 5.74) is 0.832. The van der Waals surface area contributed by atoms with E-state index in [0.29, 0.717) is 0 Å². The normalized spacial score (nSPS) is 21.8. The number of carbonyl (C=O) groups is 1. The highest BCUT2D eigenvalue weighted by molar-refractivity contribution is 5.83. The van der Waals surface area contributed by atoms with Crippen LogP contribution < -0.4 is 5.32 Å². The van der Waals surface area contributed by atoms with E-state index in [9.17, 15) is 14.9 Å². The summed E-state index contributed by atoms with van der Waals surface area (Å²) in [7, 11) is 0. The molecule has 1 aliphatic carbocycles. The first kappa shape index (κ1) is 12.4. The van der Waals surface area contributed by atoms with Gasteiger partial charge in [0.1, 0.15) is 4.92 Å². The Morgan fingerprint density at radius 2 is 2.40 bits per heavy atom. The van der Waals surface area contributed by atoms with Crippen LogP contribution in [0.1, 0.15) is 25.0 Å². The fourth-order valence-electron chi connectivity index (χ4n) is 2.31. The topological polar surface area (TPSA) is 101 Å². The number of amides is 2. The monoisotopic (exact) mass is 276 g/mol. The Morgan fingerprint density at radius 3 is 3.15 bits per heavy atom. The highest BCUT2D eigenvalue weighted by Gasteiger charge is 2.35. The summed E-state index contributed by atoms with van der Waals surface area (Å²) in [6.45, 7) is 0. The largest absolute Gasteiger partial charge is 0.433 e. The second-order valence-corrected chi connectivity index (χ2v) is 4.55. The van der Waals surface area contributed by atoms with Gasteiger partial charge in [-0.15, -0.1) is 0 Å². The van der Waals surface area contributed by atoms with Gasteiger partial charge in [-0.2, -0.15) is 10.1 Å². The number of hydrazone groups is 1. The molecule has 1 fully saturated rings. The highest BCUT2D eigenvalue weighted by Crippen LogP contribution is 2.27. The first-order valence-electron chi connectivity index (χ1n) is 6.24. The molecule has 1 atom stereocenters. The van der Waals surface area contributed by atoms with Gasteiger partial charge in [0.15, 0.2) is 5.76 Å². The van der Waals surface area contributed by atoms with Gasteiger partial charge in [-0.3, -0.25) is 10.1 Å². The Kier molecular flexibility index (Phi) is 2.97. The lowest BCUT2D eigenvalue weighted by Crippen LogP contribution is -2.27. The Labute approximate surface area is 113 Å². The molecule has 0 saturated carbocycles. The third-order valence-electron chi connectivity index (χ3n) is 3.24. The molecule has 2 heterocycles. The third-order valence-corrected chi connectivity index (χ3v) is 3.24. The molecule has 104 valence electrons. The van der Waals surface area contributed by atoms with Crippen molar-refractivity contribution in [3.8, 4) is 0 Å². The predicted molar refractivity (Wildman–Crippen MR) is 69.0 cm³/mol. The molecule has 2 amide bonds. The minimum Gasteiger partial charge on any atom is -0.400 e. The zero-order valence-corrected chi connectivity index (χ0v) is 10.5. The molecular weight excluding hydrogens is 264 g/mol. The van der Waals surface area contributed by atoms with E-state index in [-0.39, 0.29) is 23.7 Å². The highest BCUT2D eigenvalue weighted by atomic mass is 16.6. The van der Waals surface area contributed by atoms with Gasteiger partial charge >= 0.3 is 11.9 Å². The van der Waals surface area contributed by atoms with Gasteiger partial charge in [-0.05, 0) is 25.3 Å². The molecule has 8 nitrogen and oxygen atoms in total. The number of rotatable bonds is 3. The van der Waals surface area contributed by atoms with E-state index in [2.05, 4.69) is 10.4 Å². The van der Waals surface area contributed by atoms with Crippen molar-refractivity contribution >= 4 is 18.1 Å². The van der Waals surface area contributed by atoms with E-state index >= 15 is 0 Å². The van der Waals surface area contributed by atoms with Crippen LogP contribution in [0.2, 0.25) is 0 Å². The first-order chi connectivity index (χ1) is 9.65. The number of fused-ring (bicyclic) bond motifs is 1. The van der Waals surface area contributed by atoms with E-state index in [1.807, 2.05) is 6.08 Å². The fourth-order valence-corrected chi connectivity index (χ4v) is 2.31. The molecule has 0 radical (unpaired) electrons. The summed E-state index contributed by atoms with van der Waals surface area (Å²) in [5.74, 6) is -0.128. The lowest BCUT2D eigenvalue weighted by atomic mass is 10.0. The summed E-state index contributed by atoms with van der Waals surface area (Å²) in [6, 6.07) is 2.40. The minimum atomic E-state index is -0.625. The number of nitrogens with zero attached hydrogens (tertiary/aromatic N) is 3. The fraction of sp³-hybridized carbons (Fsp3) is 0.333. The van der Waals surface area contributed by atoms with Crippen LogP contribution in [0.25, 0.3) is 0 Å². The summed E-state index contributed by atoms with van der Waals surface area (Å²) < 4.78 is 4.95. The number of nitro groups is 1. The molecule has 1 N–H and O–H groups in total. The van der Waals surface area contributed by atoms with Crippen molar-refractivity contribution in [3.05, 3.63) is 39.8 Å². The number of urea groups is 1. The molecule has 1 aliphatic heterocycles. The number of furan rings is 1. The zero-order valence-electron chi connectivity index (χ0n) is 10.5. The molecular formula is C12H12N4O4. The second kappa shape index (κ2) is 4.80. The summed E-state index contributed by atoms with van der Waals surface area (Å²) in [5, 5.41) is 18.6. The average Bonchev–Trinajstić information content (AvgIpc) is 3.00. The van der Waals surface area contributed by atoms with Crippen molar-refractivity contribution in [2.75, 3.05) is 0 Å². The molecule has 1 aromatic heterocycles. The van der Waals surface area contributed by atoms with Crippen molar-refractivity contribution in [2.45, 2.75) is 25.3 Å². The predicted octanol–water partition coefficient (Wildman–Crippen LogP) is 1.98. The van der Waals surface area contributed by atoms with Crippen LogP contribution in [-0.2, 0) is 0 Å². The van der Waals surface area contributed by atoms with E-state index < -0.39 is 4.92 Å². The van der Waals surface area contributed by atoms with Gasteiger partial charge < -0.3 is 9.73 Å². The number of allylic oxidation sites excluding steroid dienone is 1.